The average Bonchev–Trinajstić information content (AvgIpc) is 3.47. The molecule has 9 heteroatoms. The number of nitrogens with one attached hydrogen (secondary N) is 1. The largest absolute Gasteiger partial charge is 0.415 e. The Hall–Kier alpha value is -2.97. The second-order valence-corrected chi connectivity index (χ2v) is 8.42. The number of likely N-dealkylation sites (tertiary alicyclic amines) is 1. The van der Waals surface area contributed by atoms with Crippen LogP contribution in [-0.4, -0.2) is 63.2 Å². The van der Waals surface area contributed by atoms with E-state index >= 15 is 0 Å². The number of ether oxygens (including phenoxy) is 1. The zero-order chi connectivity index (χ0) is 20.7. The van der Waals surface area contributed by atoms with E-state index in [1.165, 1.54) is 4.90 Å². The number of hydrogen-bond donors (Lipinski definition) is 1. The average molecular weight is 413 g/mol. The first-order chi connectivity index (χ1) is 14.6. The number of fused-ring (bicyclic) bond motifs is 2. The maximum Gasteiger partial charge on any atom is 0.412 e. The molecule has 3 aliphatic rings. The first-order valence-corrected chi connectivity index (χ1v) is 10.5. The molecule has 1 N–H and O–H groups in total. The summed E-state index contributed by atoms with van der Waals surface area (Å²) in [6.45, 7) is 1.30. The van der Waals surface area contributed by atoms with Crippen LogP contribution >= 0.6 is 0 Å². The van der Waals surface area contributed by atoms with Gasteiger partial charge in [0.05, 0.1) is 5.52 Å². The molecule has 1 aromatic carbocycles. The molecule has 1 saturated carbocycles. The second-order valence-electron chi connectivity index (χ2n) is 8.42. The SMILES string of the molecule is O=C(c1ccc2[nH]nnc2c1)N1C=C2CN(C(=O)OC(F)C3CCCCC3)C[C@@H]2C1. The molecule has 1 aromatic heterocycles. The topological polar surface area (TPSA) is 91.4 Å². The monoisotopic (exact) mass is 413 g/mol. The number of rotatable bonds is 3. The summed E-state index contributed by atoms with van der Waals surface area (Å²) in [4.78, 5) is 28.5. The molecule has 0 spiro atoms. The number of carbonyl (C=O) groups excluding carboxylic acids is 2. The Kier molecular flexibility index (Phi) is 4.88. The van der Waals surface area contributed by atoms with Crippen molar-refractivity contribution in [2.24, 2.45) is 11.8 Å². The molecule has 30 heavy (non-hydrogen) atoms. The van der Waals surface area contributed by atoms with E-state index in [4.69, 9.17) is 4.74 Å². The minimum absolute atomic E-state index is 0.0602. The molecule has 2 aromatic rings. The van der Waals surface area contributed by atoms with Crippen molar-refractivity contribution in [2.45, 2.75) is 38.5 Å². The summed E-state index contributed by atoms with van der Waals surface area (Å²) in [6.07, 6.45) is 4.35. The van der Waals surface area contributed by atoms with Gasteiger partial charge in [0, 0.05) is 43.2 Å². The quantitative estimate of drug-likeness (QED) is 0.834. The molecule has 1 saturated heterocycles. The summed E-state index contributed by atoms with van der Waals surface area (Å²) >= 11 is 0. The standard InChI is InChI=1S/C21H24FN5O3/c22-19(13-4-2-1-3-5-13)30-21(29)27-11-15-9-26(10-16(15)12-27)20(28)14-6-7-17-18(8-14)24-25-23-17/h6-9,13,16,19H,1-5,10-12H2,(H,23,24,25)/t16-,19?/m0/s1. The van der Waals surface area contributed by atoms with Crippen molar-refractivity contribution in [3.63, 3.8) is 0 Å². The summed E-state index contributed by atoms with van der Waals surface area (Å²) in [5.41, 5.74) is 2.95. The lowest BCUT2D eigenvalue weighted by atomic mass is 9.89. The number of alkyl halides is 1. The fourth-order valence-corrected chi connectivity index (χ4v) is 4.69. The van der Waals surface area contributed by atoms with Crippen molar-refractivity contribution in [3.05, 3.63) is 35.5 Å². The summed E-state index contributed by atoms with van der Waals surface area (Å²) in [6, 6.07) is 5.24. The predicted molar refractivity (Wildman–Crippen MR) is 106 cm³/mol. The molecule has 5 rings (SSSR count). The summed E-state index contributed by atoms with van der Waals surface area (Å²) in [5, 5.41) is 10.4. The minimum Gasteiger partial charge on any atom is -0.415 e. The highest BCUT2D eigenvalue weighted by Crippen LogP contribution is 2.33. The first-order valence-electron chi connectivity index (χ1n) is 10.5. The van der Waals surface area contributed by atoms with Crippen LogP contribution in [0.4, 0.5) is 9.18 Å². The van der Waals surface area contributed by atoms with Crippen LogP contribution in [0.15, 0.2) is 30.0 Å². The Labute approximate surface area is 173 Å². The molecule has 2 atom stereocenters. The van der Waals surface area contributed by atoms with Crippen molar-refractivity contribution in [2.75, 3.05) is 19.6 Å². The lowest BCUT2D eigenvalue weighted by Crippen LogP contribution is -2.36. The number of nitrogens with zero attached hydrogens (tertiary/aromatic N) is 4. The van der Waals surface area contributed by atoms with Gasteiger partial charge in [0.2, 0.25) is 6.36 Å². The number of halogens is 1. The van der Waals surface area contributed by atoms with E-state index in [0.29, 0.717) is 30.7 Å². The third kappa shape index (κ3) is 3.53. The maximum atomic E-state index is 14.4. The van der Waals surface area contributed by atoms with Gasteiger partial charge in [-0.05, 0) is 36.6 Å². The molecule has 0 bridgehead atoms. The number of carbonyl (C=O) groups is 2. The first kappa shape index (κ1) is 19.0. The van der Waals surface area contributed by atoms with Gasteiger partial charge in [0.1, 0.15) is 5.52 Å². The Morgan fingerprint density at radius 1 is 1.20 bits per heavy atom. The Morgan fingerprint density at radius 3 is 2.83 bits per heavy atom. The number of benzene rings is 1. The Morgan fingerprint density at radius 2 is 2.03 bits per heavy atom. The van der Waals surface area contributed by atoms with Gasteiger partial charge in [-0.15, -0.1) is 5.10 Å². The van der Waals surface area contributed by atoms with Crippen molar-refractivity contribution in [3.8, 4) is 0 Å². The summed E-state index contributed by atoms with van der Waals surface area (Å²) in [5.74, 6) is -0.235. The molecule has 2 fully saturated rings. The molecule has 3 heterocycles. The van der Waals surface area contributed by atoms with E-state index < -0.39 is 12.5 Å². The van der Waals surface area contributed by atoms with Crippen molar-refractivity contribution < 1.29 is 18.7 Å². The molecule has 0 radical (unpaired) electrons. The number of hydrogen-bond acceptors (Lipinski definition) is 5. The lowest BCUT2D eigenvalue weighted by Gasteiger charge is -2.26. The lowest BCUT2D eigenvalue weighted by molar-refractivity contribution is -0.0500. The number of aromatic nitrogens is 3. The van der Waals surface area contributed by atoms with Crippen LogP contribution in [0.25, 0.3) is 11.0 Å². The fourth-order valence-electron chi connectivity index (χ4n) is 4.69. The highest BCUT2D eigenvalue weighted by atomic mass is 19.1. The molecule has 158 valence electrons. The van der Waals surface area contributed by atoms with Crippen LogP contribution in [-0.2, 0) is 4.74 Å². The van der Waals surface area contributed by atoms with E-state index in [1.807, 2.05) is 0 Å². The van der Waals surface area contributed by atoms with Crippen LogP contribution in [0.1, 0.15) is 42.5 Å². The number of H-pyrrole nitrogens is 1. The van der Waals surface area contributed by atoms with E-state index in [2.05, 4.69) is 15.4 Å². The van der Waals surface area contributed by atoms with Gasteiger partial charge < -0.3 is 14.5 Å². The molecule has 2 aliphatic heterocycles. The molecular formula is C21H24FN5O3. The van der Waals surface area contributed by atoms with Crippen molar-refractivity contribution >= 4 is 23.0 Å². The zero-order valence-electron chi connectivity index (χ0n) is 16.6. The van der Waals surface area contributed by atoms with Gasteiger partial charge >= 0.3 is 6.09 Å². The minimum atomic E-state index is -1.53. The molecule has 2 amide bonds. The highest BCUT2D eigenvalue weighted by molar-refractivity contribution is 5.98. The van der Waals surface area contributed by atoms with Crippen molar-refractivity contribution in [1.29, 1.82) is 0 Å². The third-order valence-electron chi connectivity index (χ3n) is 6.40. The van der Waals surface area contributed by atoms with Crippen LogP contribution in [0.3, 0.4) is 0 Å². The second kappa shape index (κ2) is 7.70. The highest BCUT2D eigenvalue weighted by Gasteiger charge is 2.39. The van der Waals surface area contributed by atoms with E-state index in [9.17, 15) is 14.0 Å². The summed E-state index contributed by atoms with van der Waals surface area (Å²) in [7, 11) is 0. The smallest absolute Gasteiger partial charge is 0.412 e. The molecular weight excluding hydrogens is 389 g/mol. The Bertz CT molecular complexity index is 999. The van der Waals surface area contributed by atoms with Crippen LogP contribution < -0.4 is 0 Å². The van der Waals surface area contributed by atoms with Crippen LogP contribution in [0.2, 0.25) is 0 Å². The van der Waals surface area contributed by atoms with E-state index in [-0.39, 0.29) is 17.7 Å². The van der Waals surface area contributed by atoms with Gasteiger partial charge in [-0.2, -0.15) is 0 Å². The number of amides is 2. The Balaban J connectivity index is 1.20. The zero-order valence-corrected chi connectivity index (χ0v) is 16.6. The van der Waals surface area contributed by atoms with Gasteiger partial charge in [-0.1, -0.05) is 24.5 Å². The maximum absolute atomic E-state index is 14.4. The van der Waals surface area contributed by atoms with Gasteiger partial charge in [0.25, 0.3) is 5.91 Å². The van der Waals surface area contributed by atoms with Crippen molar-refractivity contribution in [1.82, 2.24) is 25.2 Å². The molecule has 1 aliphatic carbocycles. The molecule has 8 nitrogen and oxygen atoms in total. The fraction of sp³-hybridized carbons (Fsp3) is 0.524. The normalized spacial score (nSPS) is 22.8. The molecule has 1 unspecified atom stereocenters. The predicted octanol–water partition coefficient (Wildman–Crippen LogP) is 3.24. The van der Waals surface area contributed by atoms with Gasteiger partial charge in [0.15, 0.2) is 0 Å². The summed E-state index contributed by atoms with van der Waals surface area (Å²) < 4.78 is 19.5. The number of aromatic amines is 1. The third-order valence-corrected chi connectivity index (χ3v) is 6.40. The van der Waals surface area contributed by atoms with E-state index in [1.54, 1.807) is 29.3 Å². The van der Waals surface area contributed by atoms with Crippen LogP contribution in [0, 0.1) is 11.8 Å². The van der Waals surface area contributed by atoms with E-state index in [0.717, 1.165) is 43.2 Å². The van der Waals surface area contributed by atoms with Gasteiger partial charge in [-0.3, -0.25) is 9.89 Å². The van der Waals surface area contributed by atoms with Gasteiger partial charge in [-0.25, -0.2) is 9.18 Å². The van der Waals surface area contributed by atoms with Crippen LogP contribution in [0.5, 0.6) is 0 Å².